The number of benzene rings is 1. The van der Waals surface area contributed by atoms with E-state index in [2.05, 4.69) is 43.8 Å². The highest BCUT2D eigenvalue weighted by molar-refractivity contribution is 7.21. The first-order valence-corrected chi connectivity index (χ1v) is 9.73. The zero-order valence-electron chi connectivity index (χ0n) is 13.7. The number of aromatic nitrogens is 2. The number of thiophene rings is 2. The molecule has 3 aromatic heterocycles. The Morgan fingerprint density at radius 3 is 2.76 bits per heavy atom. The summed E-state index contributed by atoms with van der Waals surface area (Å²) >= 11 is 3.26. The van der Waals surface area contributed by atoms with E-state index >= 15 is 0 Å². The first-order chi connectivity index (χ1) is 12.2. The average Bonchev–Trinajstić information content (AvgIpc) is 3.25. The molecule has 1 aromatic carbocycles. The van der Waals surface area contributed by atoms with E-state index in [1.807, 2.05) is 31.3 Å². The molecule has 0 aliphatic heterocycles. The summed E-state index contributed by atoms with van der Waals surface area (Å²) in [5.41, 5.74) is 2.32. The first-order valence-electron chi connectivity index (χ1n) is 7.97. The van der Waals surface area contributed by atoms with Crippen molar-refractivity contribution in [1.29, 1.82) is 0 Å². The Kier molecular flexibility index (Phi) is 4.48. The molecule has 1 N–H and O–H groups in total. The van der Waals surface area contributed by atoms with Crippen LogP contribution in [0.5, 0.6) is 0 Å². The summed E-state index contributed by atoms with van der Waals surface area (Å²) in [5, 5.41) is 4.88. The molecule has 3 heterocycles. The molecule has 4 nitrogen and oxygen atoms in total. The fourth-order valence-corrected chi connectivity index (χ4v) is 4.52. The molecule has 25 heavy (non-hydrogen) atoms. The van der Waals surface area contributed by atoms with E-state index in [-0.39, 0.29) is 5.56 Å². The maximum atomic E-state index is 12.4. The molecule has 0 radical (unpaired) electrons. The lowest BCUT2D eigenvalue weighted by atomic mass is 10.2. The van der Waals surface area contributed by atoms with Crippen LogP contribution in [0.3, 0.4) is 0 Å². The predicted octanol–water partition coefficient (Wildman–Crippen LogP) is 4.35. The fraction of sp³-hybridized carbons (Fsp3) is 0.158. The van der Waals surface area contributed by atoms with E-state index in [0.29, 0.717) is 17.8 Å². The van der Waals surface area contributed by atoms with Gasteiger partial charge in [0.05, 0.1) is 11.9 Å². The van der Waals surface area contributed by atoms with E-state index in [0.717, 1.165) is 21.8 Å². The molecule has 0 saturated heterocycles. The first kappa shape index (κ1) is 16.2. The molecular formula is C19H17N3OS2. The van der Waals surface area contributed by atoms with Crippen molar-refractivity contribution >= 4 is 32.9 Å². The minimum absolute atomic E-state index is 0.0673. The average molecular weight is 367 g/mol. The topological polar surface area (TPSA) is 49.0 Å². The van der Waals surface area contributed by atoms with Crippen LogP contribution in [0.4, 0.5) is 0 Å². The van der Waals surface area contributed by atoms with Crippen molar-refractivity contribution < 1.29 is 0 Å². The number of fused-ring (bicyclic) bond motifs is 1. The molecule has 6 heteroatoms. The lowest BCUT2D eigenvalue weighted by Gasteiger charge is -2.14. The second kappa shape index (κ2) is 6.92. The van der Waals surface area contributed by atoms with E-state index in [4.69, 9.17) is 0 Å². The maximum Gasteiger partial charge on any atom is 0.259 e. The van der Waals surface area contributed by atoms with Crippen molar-refractivity contribution in [3.8, 4) is 10.4 Å². The van der Waals surface area contributed by atoms with Crippen molar-refractivity contribution in [1.82, 2.24) is 14.9 Å². The van der Waals surface area contributed by atoms with Gasteiger partial charge in [-0.15, -0.1) is 11.3 Å². The highest BCUT2D eigenvalue weighted by Gasteiger charge is 2.11. The van der Waals surface area contributed by atoms with Gasteiger partial charge in [0.1, 0.15) is 10.7 Å². The summed E-state index contributed by atoms with van der Waals surface area (Å²) in [6, 6.07) is 14.1. The standard InChI is InChI=1S/C19H17N3OS2/c1-22(10-13-7-8-24-12-13)11-17-20-18(23)15-9-16(25-19(15)21-17)14-5-3-2-4-6-14/h2-9,12H,10-11H2,1H3,(H,20,21,23). The van der Waals surface area contributed by atoms with Crippen molar-refractivity contribution in [2.45, 2.75) is 13.1 Å². The minimum atomic E-state index is -0.0673. The Bertz CT molecular complexity index is 1040. The lowest BCUT2D eigenvalue weighted by Crippen LogP contribution is -2.21. The van der Waals surface area contributed by atoms with E-state index in [1.165, 1.54) is 5.56 Å². The Morgan fingerprint density at radius 1 is 1.16 bits per heavy atom. The van der Waals surface area contributed by atoms with Crippen LogP contribution in [0.2, 0.25) is 0 Å². The molecule has 0 saturated carbocycles. The number of nitrogens with zero attached hydrogens (tertiary/aromatic N) is 2. The maximum absolute atomic E-state index is 12.4. The highest BCUT2D eigenvalue weighted by atomic mass is 32.1. The summed E-state index contributed by atoms with van der Waals surface area (Å²) in [4.78, 5) is 24.0. The van der Waals surface area contributed by atoms with Gasteiger partial charge in [0.2, 0.25) is 0 Å². The molecule has 0 aliphatic carbocycles. The molecular weight excluding hydrogens is 350 g/mol. The normalized spacial score (nSPS) is 11.4. The van der Waals surface area contributed by atoms with Gasteiger partial charge in [-0.1, -0.05) is 30.3 Å². The summed E-state index contributed by atoms with van der Waals surface area (Å²) < 4.78 is 0. The van der Waals surface area contributed by atoms with Gasteiger partial charge >= 0.3 is 0 Å². The Hall–Kier alpha value is -2.28. The number of rotatable bonds is 5. The van der Waals surface area contributed by atoms with Gasteiger partial charge < -0.3 is 4.98 Å². The van der Waals surface area contributed by atoms with Crippen LogP contribution in [0.25, 0.3) is 20.7 Å². The van der Waals surface area contributed by atoms with Gasteiger partial charge in [-0.2, -0.15) is 11.3 Å². The number of aromatic amines is 1. The molecule has 4 aromatic rings. The van der Waals surface area contributed by atoms with Gasteiger partial charge in [-0.3, -0.25) is 9.69 Å². The number of hydrogen-bond acceptors (Lipinski definition) is 5. The van der Waals surface area contributed by atoms with Crippen LogP contribution >= 0.6 is 22.7 Å². The molecule has 0 atom stereocenters. The van der Waals surface area contributed by atoms with Gasteiger partial charge in [0.25, 0.3) is 5.56 Å². The monoisotopic (exact) mass is 367 g/mol. The quantitative estimate of drug-likeness (QED) is 0.571. The molecule has 0 fully saturated rings. The third-order valence-electron chi connectivity index (χ3n) is 3.96. The van der Waals surface area contributed by atoms with Crippen molar-refractivity contribution in [3.63, 3.8) is 0 Å². The molecule has 4 rings (SSSR count). The minimum Gasteiger partial charge on any atom is -0.309 e. The summed E-state index contributed by atoms with van der Waals surface area (Å²) in [7, 11) is 2.03. The summed E-state index contributed by atoms with van der Waals surface area (Å²) in [6.45, 7) is 1.45. The molecule has 0 unspecified atom stereocenters. The van der Waals surface area contributed by atoms with Gasteiger partial charge in [-0.25, -0.2) is 4.98 Å². The van der Waals surface area contributed by atoms with Crippen LogP contribution in [-0.2, 0) is 13.1 Å². The molecule has 0 bridgehead atoms. The number of H-pyrrole nitrogens is 1. The van der Waals surface area contributed by atoms with Crippen LogP contribution in [-0.4, -0.2) is 21.9 Å². The molecule has 0 amide bonds. The van der Waals surface area contributed by atoms with E-state index < -0.39 is 0 Å². The van der Waals surface area contributed by atoms with Crippen LogP contribution < -0.4 is 5.56 Å². The van der Waals surface area contributed by atoms with Crippen molar-refractivity contribution in [2.24, 2.45) is 0 Å². The van der Waals surface area contributed by atoms with E-state index in [1.54, 1.807) is 22.7 Å². The summed E-state index contributed by atoms with van der Waals surface area (Å²) in [5.74, 6) is 0.705. The van der Waals surface area contributed by atoms with Crippen LogP contribution in [0.1, 0.15) is 11.4 Å². The zero-order chi connectivity index (χ0) is 17.2. The largest absolute Gasteiger partial charge is 0.309 e. The van der Waals surface area contributed by atoms with Gasteiger partial charge in [0, 0.05) is 11.4 Å². The second-order valence-corrected chi connectivity index (χ2v) is 7.82. The Labute approximate surface area is 153 Å². The van der Waals surface area contributed by atoms with Crippen molar-refractivity contribution in [3.05, 3.63) is 75.0 Å². The van der Waals surface area contributed by atoms with Gasteiger partial charge in [0.15, 0.2) is 0 Å². The fourth-order valence-electron chi connectivity index (χ4n) is 2.80. The number of hydrogen-bond donors (Lipinski definition) is 1. The van der Waals surface area contributed by atoms with Gasteiger partial charge in [-0.05, 0) is 41.1 Å². The highest BCUT2D eigenvalue weighted by Crippen LogP contribution is 2.30. The predicted molar refractivity (Wildman–Crippen MR) is 105 cm³/mol. The smallest absolute Gasteiger partial charge is 0.259 e. The third kappa shape index (κ3) is 3.56. The lowest BCUT2D eigenvalue weighted by molar-refractivity contribution is 0.311. The molecule has 126 valence electrons. The third-order valence-corrected chi connectivity index (χ3v) is 5.77. The summed E-state index contributed by atoms with van der Waals surface area (Å²) in [6.07, 6.45) is 0. The molecule has 0 aliphatic rings. The Morgan fingerprint density at radius 2 is 2.00 bits per heavy atom. The van der Waals surface area contributed by atoms with E-state index in [9.17, 15) is 4.79 Å². The Balaban J connectivity index is 1.62. The SMILES string of the molecule is CN(Cc1ccsc1)Cc1nc2sc(-c3ccccc3)cc2c(=O)[nH]1. The number of nitrogens with one attached hydrogen (secondary N) is 1. The molecule has 0 spiro atoms. The zero-order valence-corrected chi connectivity index (χ0v) is 15.4. The van der Waals surface area contributed by atoms with Crippen molar-refractivity contribution in [2.75, 3.05) is 7.05 Å². The van der Waals surface area contributed by atoms with Crippen LogP contribution in [0, 0.1) is 0 Å². The second-order valence-electron chi connectivity index (χ2n) is 6.01. The van der Waals surface area contributed by atoms with Crippen LogP contribution in [0.15, 0.2) is 58.0 Å².